The zero-order valence-corrected chi connectivity index (χ0v) is 35.0. The van der Waals surface area contributed by atoms with Crippen molar-refractivity contribution in [1.82, 2.24) is 45.4 Å². The molecule has 0 spiro atoms. The first-order chi connectivity index (χ1) is 30.1. The van der Waals surface area contributed by atoms with Crippen molar-refractivity contribution in [3.63, 3.8) is 0 Å². The van der Waals surface area contributed by atoms with Crippen LogP contribution in [0.2, 0.25) is 0 Å². The minimum absolute atomic E-state index is 0.00924. The summed E-state index contributed by atoms with van der Waals surface area (Å²) >= 11 is 0. The number of aryl methyl sites for hydroxylation is 1. The number of likely N-dealkylation sites (tertiary alicyclic amines) is 1. The van der Waals surface area contributed by atoms with Gasteiger partial charge in [0.25, 0.3) is 0 Å². The Labute approximate surface area is 357 Å². The number of anilines is 1. The molecule has 318 valence electrons. The number of hydrogen-bond donors (Lipinski definition) is 4. The highest BCUT2D eigenvalue weighted by Gasteiger charge is 2.47. The number of nitrogens with zero attached hydrogens (tertiary/aromatic N) is 6. The Morgan fingerprint density at radius 2 is 1.56 bits per heavy atom. The number of amides is 4. The lowest BCUT2D eigenvalue weighted by molar-refractivity contribution is -0.135. The van der Waals surface area contributed by atoms with E-state index in [1.54, 1.807) is 23.5 Å². The fourth-order valence-electron chi connectivity index (χ4n) is 9.06. The lowest BCUT2D eigenvalue weighted by atomic mass is 9.97. The Bertz CT molecular complexity index is 2680. The molecule has 0 unspecified atom stereocenters. The summed E-state index contributed by atoms with van der Waals surface area (Å²) in [5.74, 6) is 1.03. The number of imidazole rings is 2. The van der Waals surface area contributed by atoms with Crippen LogP contribution >= 0.6 is 0 Å². The largest absolute Gasteiger partial charge is 0.453 e. The number of aromatic nitrogens is 6. The third-order valence-corrected chi connectivity index (χ3v) is 12.5. The van der Waals surface area contributed by atoms with Crippen molar-refractivity contribution in [2.75, 3.05) is 25.7 Å². The highest BCUT2D eigenvalue weighted by atomic mass is 16.5. The number of rotatable bonds is 10. The van der Waals surface area contributed by atoms with Crippen LogP contribution in [0.5, 0.6) is 0 Å². The molecule has 4 N–H and O–H groups in total. The molecule has 0 bridgehead atoms. The highest BCUT2D eigenvalue weighted by molar-refractivity contribution is 5.99. The molecule has 1 fully saturated rings. The first-order valence-corrected chi connectivity index (χ1v) is 21.1. The number of methoxy groups -OCH3 is 2. The molecule has 9 rings (SSSR count). The topological polar surface area (TPSA) is 200 Å². The lowest BCUT2D eigenvalue weighted by Crippen LogP contribution is -2.51. The van der Waals surface area contributed by atoms with Crippen LogP contribution in [0.1, 0.15) is 86.9 Å². The van der Waals surface area contributed by atoms with Gasteiger partial charge in [-0.25, -0.2) is 24.5 Å². The van der Waals surface area contributed by atoms with Gasteiger partial charge in [-0.15, -0.1) is 0 Å². The second kappa shape index (κ2) is 16.7. The summed E-state index contributed by atoms with van der Waals surface area (Å²) in [6.07, 6.45) is 8.31. The van der Waals surface area contributed by atoms with Crippen molar-refractivity contribution in [1.29, 1.82) is 0 Å². The number of benzene rings is 3. The summed E-state index contributed by atoms with van der Waals surface area (Å²) in [5.41, 5.74) is 9.16. The Hall–Kier alpha value is -7.10. The van der Waals surface area contributed by atoms with Crippen LogP contribution in [-0.4, -0.2) is 85.6 Å². The maximum atomic E-state index is 13.8. The highest BCUT2D eigenvalue weighted by Crippen LogP contribution is 2.50. The monoisotopic (exact) mass is 836 g/mol. The second-order valence-electron chi connectivity index (χ2n) is 16.1. The van der Waals surface area contributed by atoms with Gasteiger partial charge >= 0.3 is 12.2 Å². The Morgan fingerprint density at radius 1 is 0.839 bits per heavy atom. The quantitative estimate of drug-likeness (QED) is 0.108. The summed E-state index contributed by atoms with van der Waals surface area (Å²) in [7, 11) is 2.62. The van der Waals surface area contributed by atoms with Gasteiger partial charge in [-0.05, 0) is 54.9 Å². The molecule has 0 saturated carbocycles. The summed E-state index contributed by atoms with van der Waals surface area (Å²) in [6.45, 7) is 4.51. The van der Waals surface area contributed by atoms with Gasteiger partial charge in [0.15, 0.2) is 0 Å². The number of para-hydroxylation sites is 1. The van der Waals surface area contributed by atoms with E-state index < -0.39 is 30.3 Å². The van der Waals surface area contributed by atoms with Crippen LogP contribution in [0.4, 0.5) is 15.3 Å². The first kappa shape index (κ1) is 40.3. The summed E-state index contributed by atoms with van der Waals surface area (Å²) in [5, 5.41) is 5.71. The van der Waals surface area contributed by atoms with Crippen LogP contribution in [0.15, 0.2) is 79.3 Å². The number of nitrogens with one attached hydrogen (secondary N) is 4. The molecule has 1 saturated heterocycles. The van der Waals surface area contributed by atoms with E-state index in [0.29, 0.717) is 30.3 Å². The molecule has 4 amide bonds. The fraction of sp³-hybridized carbons (Fsp3) is 0.348. The average Bonchev–Trinajstić information content (AvgIpc) is 4.13. The smallest absolute Gasteiger partial charge is 0.407 e. The number of H-pyrrole nitrogens is 2. The molecule has 62 heavy (non-hydrogen) atoms. The predicted molar refractivity (Wildman–Crippen MR) is 230 cm³/mol. The standard InChI is InChI=1S/C46H48N10O6/c1-5-25(2)38(53-45(59)61-3)44(58)55-20-8-12-36(55)42-48-24-35(51-42)29-18-19-31-32(21-29)47-22-33(50-31)26-14-16-27(17-15-26)34-23-49-43(52-34)41-39(54-46(60)62-4)30-11-6-9-28-10-7-13-37(57)56(41)40(28)30/h6,9,11,14-19,21-25,36,38-39,41H,5,7-8,10,12-13,20H2,1-4H3,(H,48,51)(H,49,52)(H,53,59)(H,54,60)/t25-,36-,38-,39-,41-/m0/s1. The first-order valence-electron chi connectivity index (χ1n) is 21.1. The van der Waals surface area contributed by atoms with Crippen LogP contribution in [0.25, 0.3) is 44.8 Å². The molecule has 0 radical (unpaired) electrons. The van der Waals surface area contributed by atoms with Crippen molar-refractivity contribution < 1.29 is 28.7 Å². The molecule has 3 aliphatic heterocycles. The van der Waals surface area contributed by atoms with E-state index in [1.165, 1.54) is 14.2 Å². The molecule has 5 atom stereocenters. The predicted octanol–water partition coefficient (Wildman–Crippen LogP) is 7.33. The van der Waals surface area contributed by atoms with Crippen molar-refractivity contribution in [3.8, 4) is 33.8 Å². The number of carbonyl (C=O) groups is 4. The molecule has 3 aromatic heterocycles. The van der Waals surface area contributed by atoms with E-state index in [-0.39, 0.29) is 23.8 Å². The van der Waals surface area contributed by atoms with Crippen molar-refractivity contribution in [2.45, 2.75) is 76.5 Å². The fourth-order valence-corrected chi connectivity index (χ4v) is 9.06. The number of aromatic amines is 2. The van der Waals surface area contributed by atoms with Gasteiger partial charge in [-0.2, -0.15) is 0 Å². The molecule has 0 aliphatic carbocycles. The summed E-state index contributed by atoms with van der Waals surface area (Å²) < 4.78 is 9.79. The van der Waals surface area contributed by atoms with Gasteiger partial charge in [0.1, 0.15) is 23.7 Å². The Balaban J connectivity index is 0.915. The van der Waals surface area contributed by atoms with E-state index >= 15 is 0 Å². The zero-order chi connectivity index (χ0) is 43.1. The Kier molecular flexibility index (Phi) is 10.9. The molecular weight excluding hydrogens is 789 g/mol. The van der Waals surface area contributed by atoms with Gasteiger partial charge < -0.3 is 35.0 Å². The normalized spacial score (nSPS) is 19.2. The minimum Gasteiger partial charge on any atom is -0.453 e. The molecule has 16 nitrogen and oxygen atoms in total. The number of fused-ring (bicyclic) bond motifs is 1. The average molecular weight is 837 g/mol. The molecule has 16 heteroatoms. The minimum atomic E-state index is -0.695. The van der Waals surface area contributed by atoms with Gasteiger partial charge in [0.2, 0.25) is 11.8 Å². The summed E-state index contributed by atoms with van der Waals surface area (Å²) in [6, 6.07) is 17.7. The SMILES string of the molecule is CC[C@H](C)[C@H](NC(=O)OC)C(=O)N1CCC[C@H]1c1ncc(-c2ccc3nc(-c4ccc(-c5cnc([C@@H]6[C@@H](NC(=O)OC)c7cccc8c7N6C(=O)CCC8)[nH]5)cc4)cnc3c2)[nH]1. The van der Waals surface area contributed by atoms with E-state index in [2.05, 4.69) is 20.6 Å². The van der Waals surface area contributed by atoms with Gasteiger partial charge in [0, 0.05) is 29.7 Å². The third kappa shape index (κ3) is 7.39. The van der Waals surface area contributed by atoms with Gasteiger partial charge in [0.05, 0.1) is 78.7 Å². The number of alkyl carbamates (subject to hydrolysis) is 2. The van der Waals surface area contributed by atoms with Crippen molar-refractivity contribution >= 4 is 40.7 Å². The second-order valence-corrected chi connectivity index (χ2v) is 16.1. The van der Waals surface area contributed by atoms with E-state index in [1.807, 2.05) is 79.4 Å². The molecule has 6 aromatic rings. The molecule has 3 aliphatic rings. The van der Waals surface area contributed by atoms with Gasteiger partial charge in [-0.3, -0.25) is 19.5 Å². The van der Waals surface area contributed by atoms with Crippen molar-refractivity contribution in [2.24, 2.45) is 5.92 Å². The van der Waals surface area contributed by atoms with Crippen LogP contribution in [0, 0.1) is 5.92 Å². The van der Waals surface area contributed by atoms with E-state index in [4.69, 9.17) is 29.4 Å². The van der Waals surface area contributed by atoms with Gasteiger partial charge in [-0.1, -0.05) is 68.8 Å². The lowest BCUT2D eigenvalue weighted by Gasteiger charge is -2.30. The maximum Gasteiger partial charge on any atom is 0.407 e. The van der Waals surface area contributed by atoms with Crippen LogP contribution < -0.4 is 15.5 Å². The maximum absolute atomic E-state index is 13.8. The number of hydrogen-bond acceptors (Lipinski definition) is 10. The molecule has 6 heterocycles. The zero-order valence-electron chi connectivity index (χ0n) is 35.0. The Morgan fingerprint density at radius 3 is 2.34 bits per heavy atom. The molecular formula is C46H48N10O6. The van der Waals surface area contributed by atoms with E-state index in [0.717, 1.165) is 88.0 Å². The van der Waals surface area contributed by atoms with Crippen LogP contribution in [-0.2, 0) is 25.5 Å². The third-order valence-electron chi connectivity index (χ3n) is 12.5. The van der Waals surface area contributed by atoms with Crippen molar-refractivity contribution in [3.05, 3.63) is 102 Å². The van der Waals surface area contributed by atoms with Crippen LogP contribution in [0.3, 0.4) is 0 Å². The number of ether oxygens (including phenoxy) is 2. The number of carbonyl (C=O) groups excluding carboxylic acids is 4. The van der Waals surface area contributed by atoms with E-state index in [9.17, 15) is 19.2 Å². The summed E-state index contributed by atoms with van der Waals surface area (Å²) in [4.78, 5) is 81.7. The molecule has 3 aromatic carbocycles.